The van der Waals surface area contributed by atoms with Gasteiger partial charge in [-0.2, -0.15) is 0 Å². The lowest BCUT2D eigenvalue weighted by Gasteiger charge is -2.31. The van der Waals surface area contributed by atoms with Gasteiger partial charge in [0.05, 0.1) is 25.3 Å². The Balaban J connectivity index is 1.62. The van der Waals surface area contributed by atoms with Crippen LogP contribution < -0.4 is 9.47 Å². The van der Waals surface area contributed by atoms with Crippen LogP contribution in [0, 0.1) is 5.92 Å². The molecule has 2 aromatic carbocycles. The molecule has 2 aliphatic rings. The minimum atomic E-state index is -0.752. The van der Waals surface area contributed by atoms with Gasteiger partial charge in [0.15, 0.2) is 5.78 Å². The van der Waals surface area contributed by atoms with Gasteiger partial charge in [-0.05, 0) is 55.6 Å². The molecule has 0 radical (unpaired) electrons. The number of nitrogens with zero attached hydrogens (tertiary/aromatic N) is 1. The summed E-state index contributed by atoms with van der Waals surface area (Å²) in [7, 11) is 2.97. The summed E-state index contributed by atoms with van der Waals surface area (Å²) in [6, 6.07) is 8.62. The van der Waals surface area contributed by atoms with Crippen molar-refractivity contribution in [2.45, 2.75) is 25.8 Å². The van der Waals surface area contributed by atoms with E-state index in [1.54, 1.807) is 24.3 Å². The van der Waals surface area contributed by atoms with Gasteiger partial charge in [-0.3, -0.25) is 19.3 Å². The number of piperidine rings is 1. The predicted molar refractivity (Wildman–Crippen MR) is 113 cm³/mol. The fourth-order valence-electron chi connectivity index (χ4n) is 4.59. The highest BCUT2D eigenvalue weighted by Gasteiger charge is 2.35. The first kappa shape index (κ1) is 21.1. The molecule has 4 rings (SSSR count). The van der Waals surface area contributed by atoms with Gasteiger partial charge in [-0.15, -0.1) is 0 Å². The Labute approximate surface area is 180 Å². The molecule has 162 valence electrons. The molecule has 0 amide bonds. The minimum absolute atomic E-state index is 0.206. The molecule has 7 heteroatoms. The van der Waals surface area contributed by atoms with Crippen molar-refractivity contribution < 1.29 is 29.0 Å². The third kappa shape index (κ3) is 3.93. The number of aliphatic carboxylic acids is 1. The van der Waals surface area contributed by atoms with Crippen molar-refractivity contribution in [1.29, 1.82) is 0 Å². The fourth-order valence-corrected chi connectivity index (χ4v) is 4.59. The third-order valence-corrected chi connectivity index (χ3v) is 6.15. The van der Waals surface area contributed by atoms with Crippen LogP contribution in [0.1, 0.15) is 56.7 Å². The van der Waals surface area contributed by atoms with Crippen molar-refractivity contribution in [2.75, 3.05) is 27.3 Å². The van der Waals surface area contributed by atoms with E-state index in [4.69, 9.17) is 14.6 Å². The number of carboxylic acid groups (broad SMARTS) is 1. The molecule has 1 aliphatic carbocycles. The van der Waals surface area contributed by atoms with Crippen molar-refractivity contribution in [3.8, 4) is 11.5 Å². The number of fused-ring (bicyclic) bond motifs is 2. The molecule has 1 fully saturated rings. The van der Waals surface area contributed by atoms with E-state index in [0.717, 1.165) is 31.5 Å². The molecule has 2 aromatic rings. The van der Waals surface area contributed by atoms with Crippen LogP contribution in [-0.4, -0.2) is 54.9 Å². The number of likely N-dealkylation sites (tertiary alicyclic amines) is 1. The third-order valence-electron chi connectivity index (χ3n) is 6.15. The monoisotopic (exact) mass is 423 g/mol. The maximum Gasteiger partial charge on any atom is 0.303 e. The van der Waals surface area contributed by atoms with Crippen LogP contribution in [0.25, 0.3) is 0 Å². The van der Waals surface area contributed by atoms with Crippen molar-refractivity contribution >= 4 is 17.5 Å². The average molecular weight is 423 g/mol. The van der Waals surface area contributed by atoms with Gasteiger partial charge in [0.25, 0.3) is 0 Å². The van der Waals surface area contributed by atoms with Crippen LogP contribution in [-0.2, 0) is 11.3 Å². The summed E-state index contributed by atoms with van der Waals surface area (Å²) in [6.45, 7) is 2.20. The van der Waals surface area contributed by atoms with Gasteiger partial charge in [0.1, 0.15) is 11.5 Å². The van der Waals surface area contributed by atoms with Gasteiger partial charge >= 0.3 is 5.97 Å². The van der Waals surface area contributed by atoms with E-state index < -0.39 is 5.97 Å². The molecule has 0 spiro atoms. The second-order valence-corrected chi connectivity index (χ2v) is 8.08. The summed E-state index contributed by atoms with van der Waals surface area (Å²) < 4.78 is 10.8. The number of carboxylic acids is 1. The zero-order chi connectivity index (χ0) is 22.1. The van der Waals surface area contributed by atoms with Crippen molar-refractivity contribution in [2.24, 2.45) is 5.92 Å². The first-order valence-electron chi connectivity index (χ1n) is 10.3. The molecular formula is C24H25NO6. The lowest BCUT2D eigenvalue weighted by Crippen LogP contribution is -2.34. The summed E-state index contributed by atoms with van der Waals surface area (Å²) >= 11 is 0. The van der Waals surface area contributed by atoms with Gasteiger partial charge in [0.2, 0.25) is 5.78 Å². The summed E-state index contributed by atoms with van der Waals surface area (Å²) in [6.07, 6.45) is 1.87. The molecule has 0 atom stereocenters. The zero-order valence-corrected chi connectivity index (χ0v) is 17.6. The van der Waals surface area contributed by atoms with Crippen molar-refractivity contribution in [3.05, 3.63) is 58.1 Å². The molecule has 0 unspecified atom stereocenters. The van der Waals surface area contributed by atoms with E-state index in [9.17, 15) is 14.4 Å². The van der Waals surface area contributed by atoms with E-state index in [1.807, 2.05) is 6.07 Å². The fraction of sp³-hybridized carbons (Fsp3) is 0.375. The lowest BCUT2D eigenvalue weighted by molar-refractivity contribution is -0.138. The number of hydrogen-bond donors (Lipinski definition) is 1. The van der Waals surface area contributed by atoms with Crippen LogP contribution in [0.15, 0.2) is 30.3 Å². The average Bonchev–Trinajstić information content (AvgIpc) is 2.77. The highest BCUT2D eigenvalue weighted by Crippen LogP contribution is 2.38. The summed E-state index contributed by atoms with van der Waals surface area (Å²) in [5, 5.41) is 8.99. The minimum Gasteiger partial charge on any atom is -0.496 e. The van der Waals surface area contributed by atoms with E-state index in [2.05, 4.69) is 4.90 Å². The Hall–Kier alpha value is -3.19. The highest BCUT2D eigenvalue weighted by atomic mass is 16.5. The number of hydrogen-bond acceptors (Lipinski definition) is 6. The van der Waals surface area contributed by atoms with E-state index in [-0.39, 0.29) is 35.0 Å². The number of carbonyl (C=O) groups excluding carboxylic acids is 2. The largest absolute Gasteiger partial charge is 0.496 e. The molecule has 1 saturated heterocycles. The Bertz CT molecular complexity index is 1050. The molecular weight excluding hydrogens is 398 g/mol. The molecule has 31 heavy (non-hydrogen) atoms. The molecule has 1 aliphatic heterocycles. The zero-order valence-electron chi connectivity index (χ0n) is 17.6. The molecule has 0 aromatic heterocycles. The van der Waals surface area contributed by atoms with Crippen LogP contribution in [0.2, 0.25) is 0 Å². The maximum atomic E-state index is 13.3. The molecule has 7 nitrogen and oxygen atoms in total. The SMILES string of the molecule is COc1cccc2c1C(=O)c1c(OC)cc(CN3CCC(CC(=O)O)CC3)cc1C2=O. The number of rotatable bonds is 6. The van der Waals surface area contributed by atoms with Crippen LogP contribution >= 0.6 is 0 Å². The Morgan fingerprint density at radius 3 is 2.32 bits per heavy atom. The van der Waals surface area contributed by atoms with Crippen LogP contribution in [0.5, 0.6) is 11.5 Å². The molecule has 0 bridgehead atoms. The highest BCUT2D eigenvalue weighted by molar-refractivity contribution is 6.30. The molecule has 1 heterocycles. The smallest absolute Gasteiger partial charge is 0.303 e. The van der Waals surface area contributed by atoms with Crippen LogP contribution in [0.3, 0.4) is 0 Å². The number of ketones is 2. The van der Waals surface area contributed by atoms with Gasteiger partial charge in [0, 0.05) is 24.1 Å². The van der Waals surface area contributed by atoms with Gasteiger partial charge < -0.3 is 14.6 Å². The van der Waals surface area contributed by atoms with Crippen molar-refractivity contribution in [3.63, 3.8) is 0 Å². The Morgan fingerprint density at radius 2 is 1.68 bits per heavy atom. The first-order valence-corrected chi connectivity index (χ1v) is 10.3. The Kier molecular flexibility index (Phi) is 5.78. The number of carbonyl (C=O) groups is 3. The lowest BCUT2D eigenvalue weighted by atomic mass is 9.82. The first-order chi connectivity index (χ1) is 14.9. The number of ether oxygens (including phenoxy) is 2. The van der Waals surface area contributed by atoms with Crippen LogP contribution in [0.4, 0.5) is 0 Å². The standard InChI is InChI=1S/C24H25NO6/c1-30-18-5-3-4-16-21(18)24(29)22-17(23(16)28)10-15(11-19(22)31-2)13-25-8-6-14(7-9-25)12-20(26)27/h3-5,10-11,14H,6-9,12-13H2,1-2H3,(H,26,27). The summed E-state index contributed by atoms with van der Waals surface area (Å²) in [5.41, 5.74) is 2.12. The number of benzene rings is 2. The quantitative estimate of drug-likeness (QED) is 0.651. The number of methoxy groups -OCH3 is 2. The maximum absolute atomic E-state index is 13.3. The van der Waals surface area contributed by atoms with Crippen molar-refractivity contribution in [1.82, 2.24) is 4.90 Å². The summed E-state index contributed by atoms with van der Waals surface area (Å²) in [4.78, 5) is 39.7. The van der Waals surface area contributed by atoms with E-state index in [0.29, 0.717) is 29.2 Å². The Morgan fingerprint density at radius 1 is 1.00 bits per heavy atom. The van der Waals surface area contributed by atoms with Gasteiger partial charge in [-0.25, -0.2) is 0 Å². The van der Waals surface area contributed by atoms with Gasteiger partial charge in [-0.1, -0.05) is 12.1 Å². The summed E-state index contributed by atoms with van der Waals surface area (Å²) in [5.74, 6) is -0.292. The van der Waals surface area contributed by atoms with E-state index in [1.165, 1.54) is 14.2 Å². The normalized spacial score (nSPS) is 16.6. The second kappa shape index (κ2) is 8.51. The molecule has 0 saturated carbocycles. The topological polar surface area (TPSA) is 93.1 Å². The van der Waals surface area contributed by atoms with E-state index >= 15 is 0 Å². The molecule has 1 N–H and O–H groups in total. The predicted octanol–water partition coefficient (Wildman–Crippen LogP) is 3.17. The second-order valence-electron chi connectivity index (χ2n) is 8.08.